The minimum Gasteiger partial charge on any atom is -0.371 e. The normalized spacial score (nSPS) is 23.5. The first-order valence-electron chi connectivity index (χ1n) is 20.5. The molecule has 6 aliphatic rings. The number of piperazine rings is 1. The Morgan fingerprint density at radius 2 is 1.53 bits per heavy atom. The van der Waals surface area contributed by atoms with Crippen LogP contribution in [-0.2, 0) is 9.59 Å². The van der Waals surface area contributed by atoms with E-state index in [0.717, 1.165) is 125 Å². The zero-order valence-corrected chi connectivity index (χ0v) is 33.3. The lowest BCUT2D eigenvalue weighted by molar-refractivity contribution is -0.136. The summed E-state index contributed by atoms with van der Waals surface area (Å²) in [6.45, 7) is 9.50. The number of hydrogen-bond acceptors (Lipinski definition) is 10. The molecule has 0 bridgehead atoms. The molecule has 3 aromatic carbocycles. The van der Waals surface area contributed by atoms with E-state index < -0.39 is 23.8 Å². The van der Waals surface area contributed by atoms with E-state index in [4.69, 9.17) is 11.6 Å². The van der Waals surface area contributed by atoms with Crippen LogP contribution in [0, 0.1) is 22.7 Å². The Morgan fingerprint density at radius 3 is 2.26 bits per heavy atom. The molecule has 0 radical (unpaired) electrons. The monoisotopic (exact) mass is 802 g/mol. The molecule has 6 aliphatic heterocycles. The summed E-state index contributed by atoms with van der Waals surface area (Å²) in [6, 6.07) is 20.2. The van der Waals surface area contributed by atoms with E-state index in [1.165, 1.54) is 0 Å². The molecule has 0 aromatic heterocycles. The highest BCUT2D eigenvalue weighted by molar-refractivity contribution is 6.32. The van der Waals surface area contributed by atoms with Gasteiger partial charge in [-0.15, -0.1) is 0 Å². The van der Waals surface area contributed by atoms with Crippen LogP contribution in [0.4, 0.5) is 17.1 Å². The fourth-order valence-corrected chi connectivity index (χ4v) is 10.3. The second-order valence-corrected chi connectivity index (χ2v) is 17.2. The first-order valence-corrected chi connectivity index (χ1v) is 20.9. The number of hydrogen-bond donors (Lipinski definition) is 1. The minimum atomic E-state index is -0.981. The van der Waals surface area contributed by atoms with Crippen LogP contribution in [0.5, 0.6) is 0 Å². The van der Waals surface area contributed by atoms with Crippen molar-refractivity contribution >= 4 is 58.2 Å². The first kappa shape index (κ1) is 38.1. The smallest absolute Gasteiger partial charge is 0.264 e. The van der Waals surface area contributed by atoms with Crippen LogP contribution in [0.3, 0.4) is 0 Å². The standard InChI is InChI=1S/C44H47ClN8O5/c45-35-24-33(9-6-31(35)25-46)49-17-13-44(14-18-49)15-19-52(28-44)41(56)30-4-7-32(8-5-30)50-22-20-48(21-23-50)26-29-12-16-51(27-29)36-3-1-2-34-39(36)43(58)53(42(34)57)37-10-11-38(54)47-40(37)55/h1-9,24,29,37H,10-23,26-28H2,(H,47,54,55)/t29-,37?/m0/s1. The van der Waals surface area contributed by atoms with Crippen LogP contribution in [0.15, 0.2) is 60.7 Å². The summed E-state index contributed by atoms with van der Waals surface area (Å²) in [5.74, 6) is -1.43. The SMILES string of the molecule is N#Cc1ccc(N2CCC3(CCN(C(=O)c4ccc(N5CCN(C[C@@H]6CCN(c7cccc8c7C(=O)N(C7CCC(=O)NC7=O)C8=O)C6)CC5)cc4)C3)CC2)cc1Cl. The zero-order chi connectivity index (χ0) is 40.1. The summed E-state index contributed by atoms with van der Waals surface area (Å²) < 4.78 is 0. The Labute approximate surface area is 343 Å². The number of imide groups is 2. The van der Waals surface area contributed by atoms with Crippen LogP contribution >= 0.6 is 11.6 Å². The molecule has 14 heteroatoms. The van der Waals surface area contributed by atoms with Gasteiger partial charge in [-0.3, -0.25) is 39.1 Å². The lowest BCUT2D eigenvalue weighted by Gasteiger charge is -2.40. The molecule has 5 saturated heterocycles. The number of nitriles is 1. The Hall–Kier alpha value is -5.45. The number of nitrogens with one attached hydrogen (secondary N) is 1. The number of likely N-dealkylation sites (tertiary alicyclic amines) is 1. The van der Waals surface area contributed by atoms with Crippen LogP contribution in [0.1, 0.15) is 75.2 Å². The van der Waals surface area contributed by atoms with Gasteiger partial charge in [0.05, 0.1) is 27.4 Å². The second kappa shape index (κ2) is 15.4. The van der Waals surface area contributed by atoms with Crippen molar-refractivity contribution in [3.05, 3.63) is 87.9 Å². The number of rotatable bonds is 7. The van der Waals surface area contributed by atoms with Crippen LogP contribution in [0.2, 0.25) is 5.02 Å². The number of halogens is 1. The number of piperidine rings is 2. The third-order valence-corrected chi connectivity index (χ3v) is 13.7. The van der Waals surface area contributed by atoms with Crippen molar-refractivity contribution in [1.29, 1.82) is 5.26 Å². The molecule has 3 aromatic rings. The molecule has 0 aliphatic carbocycles. The van der Waals surface area contributed by atoms with Gasteiger partial charge in [0.1, 0.15) is 12.1 Å². The third kappa shape index (κ3) is 7.06. The number of amides is 5. The average Bonchev–Trinajstić information content (AvgIpc) is 3.95. The Morgan fingerprint density at radius 1 is 0.810 bits per heavy atom. The largest absolute Gasteiger partial charge is 0.371 e. The Kier molecular flexibility index (Phi) is 10.1. The van der Waals surface area contributed by atoms with Crippen molar-refractivity contribution in [3.8, 4) is 6.07 Å². The molecule has 1 N–H and O–H groups in total. The summed E-state index contributed by atoms with van der Waals surface area (Å²) in [5, 5.41) is 12.0. The second-order valence-electron chi connectivity index (χ2n) is 16.8. The van der Waals surface area contributed by atoms with E-state index in [-0.39, 0.29) is 30.1 Å². The maximum Gasteiger partial charge on any atom is 0.264 e. The van der Waals surface area contributed by atoms with Gasteiger partial charge in [0.25, 0.3) is 17.7 Å². The van der Waals surface area contributed by atoms with E-state index in [0.29, 0.717) is 27.6 Å². The maximum atomic E-state index is 13.7. The van der Waals surface area contributed by atoms with Crippen molar-refractivity contribution in [1.82, 2.24) is 20.0 Å². The molecule has 1 unspecified atom stereocenters. The zero-order valence-electron chi connectivity index (χ0n) is 32.5. The Balaban J connectivity index is 0.745. The summed E-state index contributed by atoms with van der Waals surface area (Å²) >= 11 is 6.30. The molecule has 5 fully saturated rings. The molecule has 5 amide bonds. The van der Waals surface area contributed by atoms with Crippen LogP contribution in [0.25, 0.3) is 0 Å². The summed E-state index contributed by atoms with van der Waals surface area (Å²) in [7, 11) is 0. The van der Waals surface area contributed by atoms with Gasteiger partial charge < -0.3 is 19.6 Å². The Bertz CT molecular complexity index is 2210. The number of anilines is 3. The van der Waals surface area contributed by atoms with Gasteiger partial charge in [-0.25, -0.2) is 0 Å². The van der Waals surface area contributed by atoms with Gasteiger partial charge in [0.15, 0.2) is 0 Å². The number of fused-ring (bicyclic) bond motifs is 1. The number of carbonyl (C=O) groups excluding carboxylic acids is 5. The molecule has 1 spiro atoms. The van der Waals surface area contributed by atoms with E-state index >= 15 is 0 Å². The van der Waals surface area contributed by atoms with Gasteiger partial charge >= 0.3 is 0 Å². The highest BCUT2D eigenvalue weighted by Gasteiger charge is 2.47. The third-order valence-electron chi connectivity index (χ3n) is 13.4. The number of carbonyl (C=O) groups is 5. The average molecular weight is 803 g/mol. The van der Waals surface area contributed by atoms with Gasteiger partial charge in [-0.2, -0.15) is 5.26 Å². The quantitative estimate of drug-likeness (QED) is 0.342. The summed E-state index contributed by atoms with van der Waals surface area (Å²) in [4.78, 5) is 77.4. The summed E-state index contributed by atoms with van der Waals surface area (Å²) in [5.41, 5.74) is 4.93. The highest BCUT2D eigenvalue weighted by atomic mass is 35.5. The summed E-state index contributed by atoms with van der Waals surface area (Å²) in [6.07, 6.45) is 4.25. The lowest BCUT2D eigenvalue weighted by atomic mass is 9.77. The maximum absolute atomic E-state index is 13.7. The van der Waals surface area contributed by atoms with Crippen molar-refractivity contribution in [2.24, 2.45) is 11.3 Å². The van der Waals surface area contributed by atoms with Crippen molar-refractivity contribution in [2.75, 3.05) is 86.7 Å². The fourth-order valence-electron chi connectivity index (χ4n) is 10.1. The molecule has 0 saturated carbocycles. The van der Waals surface area contributed by atoms with Gasteiger partial charge in [0, 0.05) is 95.4 Å². The van der Waals surface area contributed by atoms with Crippen LogP contribution < -0.4 is 20.0 Å². The number of benzene rings is 3. The topological polar surface area (TPSA) is 141 Å². The highest BCUT2D eigenvalue weighted by Crippen LogP contribution is 2.42. The first-order chi connectivity index (χ1) is 28.1. The molecule has 2 atom stereocenters. The molecule has 58 heavy (non-hydrogen) atoms. The van der Waals surface area contributed by atoms with E-state index in [1.54, 1.807) is 18.2 Å². The van der Waals surface area contributed by atoms with Crippen LogP contribution in [-0.4, -0.2) is 122 Å². The molecule has 13 nitrogen and oxygen atoms in total. The van der Waals surface area contributed by atoms with Gasteiger partial charge in [-0.1, -0.05) is 17.7 Å². The fraction of sp³-hybridized carbons (Fsp3) is 0.455. The van der Waals surface area contributed by atoms with Crippen molar-refractivity contribution in [2.45, 2.75) is 44.6 Å². The molecule has 9 rings (SSSR count). The van der Waals surface area contributed by atoms with E-state index in [9.17, 15) is 29.2 Å². The van der Waals surface area contributed by atoms with E-state index in [2.05, 4.69) is 43.1 Å². The number of nitrogens with zero attached hydrogens (tertiary/aromatic N) is 7. The predicted octanol–water partition coefficient (Wildman–Crippen LogP) is 4.39. The van der Waals surface area contributed by atoms with Crippen molar-refractivity contribution < 1.29 is 24.0 Å². The molecule has 6 heterocycles. The van der Waals surface area contributed by atoms with Gasteiger partial charge in [0.2, 0.25) is 11.8 Å². The molecular weight excluding hydrogens is 756 g/mol. The van der Waals surface area contributed by atoms with Crippen molar-refractivity contribution in [3.63, 3.8) is 0 Å². The lowest BCUT2D eigenvalue weighted by Crippen LogP contribution is -2.54. The minimum absolute atomic E-state index is 0.0910. The predicted molar refractivity (Wildman–Crippen MR) is 219 cm³/mol. The van der Waals surface area contributed by atoms with Gasteiger partial charge in [-0.05, 0) is 98.0 Å². The molecule has 300 valence electrons. The molecular formula is C44H47ClN8O5. The van der Waals surface area contributed by atoms with E-state index in [1.807, 2.05) is 35.2 Å².